The Hall–Kier alpha value is -3.99. The Balaban J connectivity index is 1.65. The minimum absolute atomic E-state index is 0.258. The quantitative estimate of drug-likeness (QED) is 0.520. The zero-order chi connectivity index (χ0) is 19.3. The molecule has 2 aromatic carbocycles. The summed E-state index contributed by atoms with van der Waals surface area (Å²) in [5.41, 5.74) is 10.0. The maximum absolute atomic E-state index is 12.9. The minimum Gasteiger partial charge on any atom is -0.298 e. The van der Waals surface area contributed by atoms with Crippen molar-refractivity contribution in [2.24, 2.45) is 0 Å². The Labute approximate surface area is 162 Å². The minimum atomic E-state index is -0.258. The summed E-state index contributed by atoms with van der Waals surface area (Å²) >= 11 is 0. The second kappa shape index (κ2) is 7.72. The largest absolute Gasteiger partial charge is 0.298 e. The van der Waals surface area contributed by atoms with Crippen molar-refractivity contribution in [3.05, 3.63) is 103 Å². The van der Waals surface area contributed by atoms with Crippen molar-refractivity contribution < 1.29 is 4.79 Å². The van der Waals surface area contributed by atoms with Crippen molar-refractivity contribution >= 4 is 22.5 Å². The van der Waals surface area contributed by atoms with Gasteiger partial charge in [-0.15, -0.1) is 0 Å². The summed E-state index contributed by atoms with van der Waals surface area (Å²) < 4.78 is 0. The topological polar surface area (TPSA) is 66.9 Å². The van der Waals surface area contributed by atoms with Crippen LogP contribution in [0.25, 0.3) is 27.9 Å². The molecule has 1 amide bonds. The van der Waals surface area contributed by atoms with Crippen LogP contribution < -0.4 is 10.9 Å². The van der Waals surface area contributed by atoms with E-state index in [-0.39, 0.29) is 5.91 Å². The zero-order valence-corrected chi connectivity index (χ0v) is 15.1. The fraction of sp³-hybridized carbons (Fsp3) is 0. The lowest BCUT2D eigenvalue weighted by Gasteiger charge is -2.13. The molecule has 2 aromatic heterocycles. The first-order valence-corrected chi connectivity index (χ1v) is 8.83. The fourth-order valence-electron chi connectivity index (χ4n) is 2.94. The Kier molecular flexibility index (Phi) is 4.80. The van der Waals surface area contributed by atoms with Gasteiger partial charge in [0.1, 0.15) is 0 Å². The predicted octanol–water partition coefficient (Wildman–Crippen LogP) is 4.20. The van der Waals surface area contributed by atoms with E-state index in [0.717, 1.165) is 27.7 Å². The highest BCUT2D eigenvalue weighted by atomic mass is 16.2. The zero-order valence-electron chi connectivity index (χ0n) is 15.1. The van der Waals surface area contributed by atoms with Gasteiger partial charge in [0.2, 0.25) is 0 Å². The number of fused-ring (bicyclic) bond motifs is 1. The highest BCUT2D eigenvalue weighted by molar-refractivity contribution is 6.07. The van der Waals surface area contributed by atoms with Gasteiger partial charge in [0.05, 0.1) is 22.5 Å². The summed E-state index contributed by atoms with van der Waals surface area (Å²) in [5, 5.41) is 0.788. The average molecular weight is 366 g/mol. The number of carbonyl (C=O) groups is 1. The van der Waals surface area contributed by atoms with Gasteiger partial charge in [-0.2, -0.15) is 0 Å². The molecule has 0 atom stereocenters. The number of nitrogens with one attached hydrogen (secondary N) is 2. The molecule has 0 fully saturated rings. The molecule has 0 aliphatic rings. The van der Waals surface area contributed by atoms with E-state index < -0.39 is 0 Å². The van der Waals surface area contributed by atoms with E-state index in [1.807, 2.05) is 72.8 Å². The van der Waals surface area contributed by atoms with Crippen molar-refractivity contribution in [1.82, 2.24) is 20.8 Å². The lowest BCUT2D eigenvalue weighted by molar-refractivity contribution is 0.0944. The summed E-state index contributed by atoms with van der Waals surface area (Å²) in [6.45, 7) is 3.95. The molecule has 5 nitrogen and oxygen atoms in total. The van der Waals surface area contributed by atoms with Crippen LogP contribution in [0.5, 0.6) is 0 Å². The molecular formula is C23H18N4O. The van der Waals surface area contributed by atoms with E-state index in [1.54, 1.807) is 12.4 Å². The second-order valence-electron chi connectivity index (χ2n) is 6.23. The number of amides is 1. The molecule has 5 heteroatoms. The van der Waals surface area contributed by atoms with Gasteiger partial charge in [-0.3, -0.25) is 20.6 Å². The molecule has 0 bridgehead atoms. The molecule has 28 heavy (non-hydrogen) atoms. The van der Waals surface area contributed by atoms with E-state index in [9.17, 15) is 4.79 Å². The number of aromatic nitrogens is 2. The van der Waals surface area contributed by atoms with Gasteiger partial charge in [-0.05, 0) is 24.3 Å². The number of hydrazine groups is 1. The van der Waals surface area contributed by atoms with Crippen LogP contribution in [0.3, 0.4) is 0 Å². The number of carbonyl (C=O) groups excluding carboxylic acids is 1. The molecule has 0 saturated carbocycles. The third-order valence-corrected chi connectivity index (χ3v) is 4.39. The number of hydrogen-bond acceptors (Lipinski definition) is 4. The van der Waals surface area contributed by atoms with Crippen LogP contribution in [-0.2, 0) is 0 Å². The van der Waals surface area contributed by atoms with E-state index in [0.29, 0.717) is 11.3 Å². The van der Waals surface area contributed by atoms with E-state index in [2.05, 4.69) is 22.4 Å². The summed E-state index contributed by atoms with van der Waals surface area (Å²) in [5.74, 6) is -0.258. The van der Waals surface area contributed by atoms with E-state index in [4.69, 9.17) is 4.98 Å². The lowest BCUT2D eigenvalue weighted by atomic mass is 10.0. The summed E-state index contributed by atoms with van der Waals surface area (Å²) in [6.07, 6.45) is 3.35. The van der Waals surface area contributed by atoms with E-state index >= 15 is 0 Å². The molecule has 4 rings (SSSR count). The highest BCUT2D eigenvalue weighted by Crippen LogP contribution is 2.24. The number of pyridine rings is 2. The molecule has 0 unspecified atom stereocenters. The average Bonchev–Trinajstić information content (AvgIpc) is 2.77. The van der Waals surface area contributed by atoms with Crippen molar-refractivity contribution in [2.75, 3.05) is 0 Å². The van der Waals surface area contributed by atoms with Gasteiger partial charge < -0.3 is 0 Å². The molecule has 0 aliphatic heterocycles. The van der Waals surface area contributed by atoms with Crippen molar-refractivity contribution in [1.29, 1.82) is 0 Å². The SMILES string of the molecule is C=C(NNC(=O)c1cc(-c2ccccc2)nc2ccccc12)c1ccncc1. The Morgan fingerprint density at radius 2 is 1.57 bits per heavy atom. The Bertz CT molecular complexity index is 1140. The van der Waals surface area contributed by atoms with Gasteiger partial charge in [0.15, 0.2) is 0 Å². The monoisotopic (exact) mass is 366 g/mol. The first kappa shape index (κ1) is 17.4. The summed E-state index contributed by atoms with van der Waals surface area (Å²) in [6, 6.07) is 22.8. The molecule has 2 heterocycles. The number of nitrogens with zero attached hydrogens (tertiary/aromatic N) is 2. The van der Waals surface area contributed by atoms with Crippen LogP contribution in [0.15, 0.2) is 91.8 Å². The van der Waals surface area contributed by atoms with Crippen LogP contribution in [-0.4, -0.2) is 15.9 Å². The third-order valence-electron chi connectivity index (χ3n) is 4.39. The molecule has 2 N–H and O–H groups in total. The van der Waals surface area contributed by atoms with Crippen LogP contribution in [0.1, 0.15) is 15.9 Å². The van der Waals surface area contributed by atoms with Gasteiger partial charge in [0.25, 0.3) is 5.91 Å². The standard InChI is InChI=1S/C23H18N4O/c1-16(17-11-13-24-14-12-17)26-27-23(28)20-15-22(18-7-3-2-4-8-18)25-21-10-6-5-9-19(20)21/h2-15,26H,1H2,(H,27,28). The van der Waals surface area contributed by atoms with Gasteiger partial charge in [0, 0.05) is 28.9 Å². The van der Waals surface area contributed by atoms with Gasteiger partial charge >= 0.3 is 0 Å². The molecule has 0 saturated heterocycles. The second-order valence-corrected chi connectivity index (χ2v) is 6.23. The van der Waals surface area contributed by atoms with Crippen LogP contribution in [0, 0.1) is 0 Å². The van der Waals surface area contributed by atoms with Crippen molar-refractivity contribution in [2.45, 2.75) is 0 Å². The normalized spacial score (nSPS) is 10.4. The Morgan fingerprint density at radius 3 is 2.36 bits per heavy atom. The first-order chi connectivity index (χ1) is 13.7. The number of hydrogen-bond donors (Lipinski definition) is 2. The molecular weight excluding hydrogens is 348 g/mol. The number of rotatable bonds is 5. The Morgan fingerprint density at radius 1 is 0.857 bits per heavy atom. The first-order valence-electron chi connectivity index (χ1n) is 8.83. The lowest BCUT2D eigenvalue weighted by Crippen LogP contribution is -2.36. The smallest absolute Gasteiger partial charge is 0.270 e. The molecule has 0 radical (unpaired) electrons. The highest BCUT2D eigenvalue weighted by Gasteiger charge is 2.14. The number of para-hydroxylation sites is 1. The number of benzene rings is 2. The molecule has 4 aromatic rings. The van der Waals surface area contributed by atoms with E-state index in [1.165, 1.54) is 0 Å². The molecule has 0 spiro atoms. The summed E-state index contributed by atoms with van der Waals surface area (Å²) in [7, 11) is 0. The van der Waals surface area contributed by atoms with Crippen LogP contribution in [0.2, 0.25) is 0 Å². The molecule has 0 aliphatic carbocycles. The van der Waals surface area contributed by atoms with Gasteiger partial charge in [-0.25, -0.2) is 4.98 Å². The third kappa shape index (κ3) is 3.59. The predicted molar refractivity (Wildman–Crippen MR) is 111 cm³/mol. The molecule has 136 valence electrons. The fourth-order valence-corrected chi connectivity index (χ4v) is 2.94. The van der Waals surface area contributed by atoms with Gasteiger partial charge in [-0.1, -0.05) is 55.1 Å². The van der Waals surface area contributed by atoms with Crippen LogP contribution >= 0.6 is 0 Å². The van der Waals surface area contributed by atoms with Crippen molar-refractivity contribution in [3.63, 3.8) is 0 Å². The maximum Gasteiger partial charge on any atom is 0.270 e. The van der Waals surface area contributed by atoms with Crippen LogP contribution in [0.4, 0.5) is 0 Å². The van der Waals surface area contributed by atoms with Crippen molar-refractivity contribution in [3.8, 4) is 11.3 Å². The summed E-state index contributed by atoms with van der Waals surface area (Å²) in [4.78, 5) is 21.6. The maximum atomic E-state index is 12.9.